The van der Waals surface area contributed by atoms with Crippen molar-refractivity contribution in [1.29, 1.82) is 0 Å². The highest BCUT2D eigenvalue weighted by Gasteiger charge is 2.24. The SMILES string of the molecule is CCOC(=O)c1c(NC(=O)c2nn(C)c3ccc(F)cc3c2=O)sc(C)c1C. The number of esters is 1. The largest absolute Gasteiger partial charge is 0.462 e. The fourth-order valence-corrected chi connectivity index (χ4v) is 3.87. The van der Waals surface area contributed by atoms with Crippen molar-refractivity contribution in [2.45, 2.75) is 20.8 Å². The van der Waals surface area contributed by atoms with E-state index in [1.165, 1.54) is 28.2 Å². The number of amides is 1. The van der Waals surface area contributed by atoms with E-state index < -0.39 is 23.1 Å². The van der Waals surface area contributed by atoms with Gasteiger partial charge < -0.3 is 10.1 Å². The van der Waals surface area contributed by atoms with Crippen LogP contribution in [0.5, 0.6) is 0 Å². The molecule has 0 bridgehead atoms. The predicted molar refractivity (Wildman–Crippen MR) is 105 cm³/mol. The number of rotatable bonds is 4. The average molecular weight is 403 g/mol. The fourth-order valence-electron chi connectivity index (χ4n) is 2.82. The van der Waals surface area contributed by atoms with Gasteiger partial charge in [-0.25, -0.2) is 9.18 Å². The van der Waals surface area contributed by atoms with Gasteiger partial charge in [-0.05, 0) is 44.5 Å². The van der Waals surface area contributed by atoms with Gasteiger partial charge >= 0.3 is 5.97 Å². The maximum atomic E-state index is 13.6. The molecule has 3 aromatic rings. The summed E-state index contributed by atoms with van der Waals surface area (Å²) >= 11 is 1.20. The van der Waals surface area contributed by atoms with Gasteiger partial charge in [0.15, 0.2) is 5.69 Å². The van der Waals surface area contributed by atoms with Crippen LogP contribution in [0.2, 0.25) is 0 Å². The first kappa shape index (κ1) is 19.7. The van der Waals surface area contributed by atoms with E-state index in [1.807, 2.05) is 6.92 Å². The molecule has 3 rings (SSSR count). The number of aromatic nitrogens is 2. The third kappa shape index (κ3) is 3.40. The summed E-state index contributed by atoms with van der Waals surface area (Å²) in [6.07, 6.45) is 0. The molecule has 0 radical (unpaired) electrons. The number of nitrogens with one attached hydrogen (secondary N) is 1. The standard InChI is InChI=1S/C19H18FN3O4S/c1-5-27-19(26)14-9(2)10(3)28-18(14)21-17(25)15-16(24)12-8-11(20)6-7-13(12)23(4)22-15/h6-8H,5H2,1-4H3,(H,21,25). The van der Waals surface area contributed by atoms with Crippen molar-refractivity contribution in [3.63, 3.8) is 0 Å². The Balaban J connectivity index is 2.06. The van der Waals surface area contributed by atoms with E-state index in [9.17, 15) is 18.8 Å². The molecule has 7 nitrogen and oxygen atoms in total. The quantitative estimate of drug-likeness (QED) is 0.676. The van der Waals surface area contributed by atoms with Crippen molar-refractivity contribution in [3.05, 3.63) is 55.9 Å². The van der Waals surface area contributed by atoms with Gasteiger partial charge in [-0.3, -0.25) is 14.3 Å². The lowest BCUT2D eigenvalue weighted by Crippen LogP contribution is -2.27. The van der Waals surface area contributed by atoms with Crippen LogP contribution in [0.1, 0.15) is 38.2 Å². The monoisotopic (exact) mass is 403 g/mol. The number of hydrogen-bond acceptors (Lipinski definition) is 6. The number of halogens is 1. The minimum Gasteiger partial charge on any atom is -0.462 e. The number of hydrogen-bond donors (Lipinski definition) is 1. The molecule has 0 saturated carbocycles. The van der Waals surface area contributed by atoms with E-state index in [0.29, 0.717) is 11.1 Å². The van der Waals surface area contributed by atoms with E-state index >= 15 is 0 Å². The molecule has 1 N–H and O–H groups in total. The Kier molecular flexibility index (Phi) is 5.28. The first-order valence-electron chi connectivity index (χ1n) is 8.49. The lowest BCUT2D eigenvalue weighted by molar-refractivity contribution is 0.0527. The van der Waals surface area contributed by atoms with Crippen LogP contribution in [0.15, 0.2) is 23.0 Å². The highest BCUT2D eigenvalue weighted by molar-refractivity contribution is 7.16. The third-order valence-corrected chi connectivity index (χ3v) is 5.45. The lowest BCUT2D eigenvalue weighted by atomic mass is 10.1. The van der Waals surface area contributed by atoms with Gasteiger partial charge in [0.05, 0.1) is 23.1 Å². The first-order chi connectivity index (χ1) is 13.2. The van der Waals surface area contributed by atoms with Crippen LogP contribution in [-0.4, -0.2) is 28.3 Å². The Hall–Kier alpha value is -3.07. The third-order valence-electron chi connectivity index (χ3n) is 4.32. The number of aryl methyl sites for hydroxylation is 2. The Morgan fingerprint density at radius 2 is 2.04 bits per heavy atom. The number of carbonyl (C=O) groups excluding carboxylic acids is 2. The van der Waals surface area contributed by atoms with Crippen LogP contribution in [0.4, 0.5) is 9.39 Å². The van der Waals surface area contributed by atoms with Crippen LogP contribution in [0, 0.1) is 19.7 Å². The predicted octanol–water partition coefficient (Wildman–Crippen LogP) is 3.18. The zero-order chi connectivity index (χ0) is 20.6. The Morgan fingerprint density at radius 3 is 2.71 bits per heavy atom. The Bertz CT molecular complexity index is 1170. The van der Waals surface area contributed by atoms with Crippen molar-refractivity contribution in [3.8, 4) is 0 Å². The number of ether oxygens (including phenoxy) is 1. The molecule has 2 heterocycles. The summed E-state index contributed by atoms with van der Waals surface area (Å²) in [6, 6.07) is 3.71. The molecule has 0 aliphatic heterocycles. The summed E-state index contributed by atoms with van der Waals surface area (Å²) in [7, 11) is 1.56. The van der Waals surface area contributed by atoms with Gasteiger partial charge in [0.2, 0.25) is 5.43 Å². The maximum Gasteiger partial charge on any atom is 0.341 e. The molecule has 0 atom stereocenters. The molecule has 1 amide bonds. The van der Waals surface area contributed by atoms with Gasteiger partial charge in [0, 0.05) is 11.9 Å². The van der Waals surface area contributed by atoms with Crippen molar-refractivity contribution in [1.82, 2.24) is 9.78 Å². The smallest absolute Gasteiger partial charge is 0.341 e. The zero-order valence-electron chi connectivity index (χ0n) is 15.8. The summed E-state index contributed by atoms with van der Waals surface area (Å²) < 4.78 is 20.0. The molecule has 146 valence electrons. The second kappa shape index (κ2) is 7.51. The topological polar surface area (TPSA) is 90.3 Å². The molecule has 0 saturated heterocycles. The maximum absolute atomic E-state index is 13.6. The number of anilines is 1. The molecule has 0 unspecified atom stereocenters. The lowest BCUT2D eigenvalue weighted by Gasteiger charge is -2.09. The molecular formula is C19H18FN3O4S. The van der Waals surface area contributed by atoms with E-state index in [2.05, 4.69) is 10.4 Å². The second-order valence-electron chi connectivity index (χ2n) is 6.12. The Labute approximate surface area is 163 Å². The summed E-state index contributed by atoms with van der Waals surface area (Å²) in [5.74, 6) is -1.92. The first-order valence-corrected chi connectivity index (χ1v) is 9.31. The molecule has 0 aliphatic carbocycles. The van der Waals surface area contributed by atoms with Crippen LogP contribution in [-0.2, 0) is 11.8 Å². The van der Waals surface area contributed by atoms with E-state index in [0.717, 1.165) is 10.9 Å². The van der Waals surface area contributed by atoms with Crippen molar-refractivity contribution in [2.75, 3.05) is 11.9 Å². The summed E-state index contributed by atoms with van der Waals surface area (Å²) in [6.45, 7) is 5.45. The molecule has 2 aromatic heterocycles. The number of nitrogens with zero attached hydrogens (tertiary/aromatic N) is 2. The van der Waals surface area contributed by atoms with Crippen LogP contribution < -0.4 is 10.7 Å². The summed E-state index contributed by atoms with van der Waals surface area (Å²) in [5, 5.41) is 6.94. The van der Waals surface area contributed by atoms with Gasteiger partial charge in [-0.15, -0.1) is 11.3 Å². The number of fused-ring (bicyclic) bond motifs is 1. The van der Waals surface area contributed by atoms with Crippen LogP contribution >= 0.6 is 11.3 Å². The molecular weight excluding hydrogens is 385 g/mol. The molecule has 0 aliphatic rings. The van der Waals surface area contributed by atoms with Gasteiger partial charge in [-0.2, -0.15) is 5.10 Å². The highest BCUT2D eigenvalue weighted by Crippen LogP contribution is 2.33. The molecule has 1 aromatic carbocycles. The minimum atomic E-state index is -0.779. The number of carbonyl (C=O) groups is 2. The van der Waals surface area contributed by atoms with Crippen LogP contribution in [0.25, 0.3) is 10.9 Å². The van der Waals surface area contributed by atoms with E-state index in [-0.39, 0.29) is 28.3 Å². The Morgan fingerprint density at radius 1 is 1.32 bits per heavy atom. The molecule has 9 heteroatoms. The summed E-state index contributed by atoms with van der Waals surface area (Å²) in [4.78, 5) is 38.5. The molecule has 28 heavy (non-hydrogen) atoms. The van der Waals surface area contributed by atoms with Gasteiger partial charge in [0.1, 0.15) is 10.8 Å². The minimum absolute atomic E-state index is 0.0480. The van der Waals surface area contributed by atoms with Crippen molar-refractivity contribution in [2.24, 2.45) is 7.05 Å². The highest BCUT2D eigenvalue weighted by atomic mass is 32.1. The second-order valence-corrected chi connectivity index (χ2v) is 7.35. The van der Waals surface area contributed by atoms with Crippen LogP contribution in [0.3, 0.4) is 0 Å². The van der Waals surface area contributed by atoms with Crippen molar-refractivity contribution >= 4 is 39.1 Å². The number of thiophene rings is 1. The number of benzene rings is 1. The van der Waals surface area contributed by atoms with Crippen molar-refractivity contribution < 1.29 is 18.7 Å². The van der Waals surface area contributed by atoms with E-state index in [1.54, 1.807) is 20.9 Å². The fraction of sp³-hybridized carbons (Fsp3) is 0.263. The molecule has 0 fully saturated rings. The average Bonchev–Trinajstić information content (AvgIpc) is 2.91. The van der Waals surface area contributed by atoms with E-state index in [4.69, 9.17) is 4.74 Å². The normalized spacial score (nSPS) is 10.9. The zero-order valence-corrected chi connectivity index (χ0v) is 16.6. The van der Waals surface area contributed by atoms with Gasteiger partial charge in [-0.1, -0.05) is 0 Å². The summed E-state index contributed by atoms with van der Waals surface area (Å²) in [5.41, 5.74) is 0.270. The molecule has 0 spiro atoms. The van der Waals surface area contributed by atoms with Gasteiger partial charge in [0.25, 0.3) is 5.91 Å².